The minimum absolute atomic E-state index is 0.161. The number of aryl methyl sites for hydroxylation is 1. The molecule has 0 aliphatic rings. The van der Waals surface area contributed by atoms with Crippen molar-refractivity contribution in [2.45, 2.75) is 6.92 Å². The highest BCUT2D eigenvalue weighted by Crippen LogP contribution is 2.12. The van der Waals surface area contributed by atoms with Gasteiger partial charge in [-0.1, -0.05) is 29.8 Å². The summed E-state index contributed by atoms with van der Waals surface area (Å²) < 4.78 is 5.40. The molecule has 2 aromatic carbocycles. The van der Waals surface area contributed by atoms with Crippen LogP contribution >= 0.6 is 0 Å². The Morgan fingerprint density at radius 2 is 1.83 bits per heavy atom. The Morgan fingerprint density at radius 3 is 2.61 bits per heavy atom. The average molecular weight is 305 g/mol. The fourth-order valence-corrected chi connectivity index (χ4v) is 2.19. The van der Waals surface area contributed by atoms with Crippen LogP contribution in [0, 0.1) is 6.92 Å². The van der Waals surface area contributed by atoms with Crippen LogP contribution in [0.4, 0.5) is 5.69 Å². The van der Waals surface area contributed by atoms with Crippen molar-refractivity contribution in [2.24, 2.45) is 0 Å². The summed E-state index contributed by atoms with van der Waals surface area (Å²) in [5, 5.41) is 3.23. The first-order valence-electron chi connectivity index (χ1n) is 7.20. The lowest BCUT2D eigenvalue weighted by Crippen LogP contribution is -2.09. The van der Waals surface area contributed by atoms with Crippen LogP contribution in [0.3, 0.4) is 0 Å². The third kappa shape index (κ3) is 3.37. The zero-order valence-electron chi connectivity index (χ0n) is 12.6. The van der Waals surface area contributed by atoms with Gasteiger partial charge in [-0.15, -0.1) is 0 Å². The molecular weight excluding hydrogens is 290 g/mol. The lowest BCUT2D eigenvalue weighted by molar-refractivity contribution is -0.111. The van der Waals surface area contributed by atoms with E-state index in [1.54, 1.807) is 24.3 Å². The third-order valence-corrected chi connectivity index (χ3v) is 3.44. The maximum atomic E-state index is 12.3. The Kier molecular flexibility index (Phi) is 4.06. The number of hydrogen-bond acceptors (Lipinski definition) is 3. The van der Waals surface area contributed by atoms with Gasteiger partial charge >= 0.3 is 0 Å². The van der Waals surface area contributed by atoms with E-state index in [0.29, 0.717) is 22.2 Å². The van der Waals surface area contributed by atoms with Crippen molar-refractivity contribution in [1.82, 2.24) is 0 Å². The number of anilines is 1. The van der Waals surface area contributed by atoms with Crippen molar-refractivity contribution in [3.05, 3.63) is 82.2 Å². The SMILES string of the molecule is Cc1ccc(NC(=O)/C=C/c2coc3ccccc3c2=O)cc1. The van der Waals surface area contributed by atoms with E-state index in [4.69, 9.17) is 4.42 Å². The van der Waals surface area contributed by atoms with Crippen molar-refractivity contribution >= 4 is 28.6 Å². The van der Waals surface area contributed by atoms with Gasteiger partial charge in [0.05, 0.1) is 10.9 Å². The Labute approximate surface area is 133 Å². The maximum absolute atomic E-state index is 12.3. The van der Waals surface area contributed by atoms with Crippen LogP contribution in [0.25, 0.3) is 17.0 Å². The molecule has 0 atom stereocenters. The largest absolute Gasteiger partial charge is 0.463 e. The third-order valence-electron chi connectivity index (χ3n) is 3.44. The van der Waals surface area contributed by atoms with Gasteiger partial charge in [-0.2, -0.15) is 0 Å². The first kappa shape index (κ1) is 14.8. The number of nitrogens with one attached hydrogen (secondary N) is 1. The van der Waals surface area contributed by atoms with E-state index in [1.165, 1.54) is 18.4 Å². The molecule has 4 nitrogen and oxygen atoms in total. The molecule has 0 fully saturated rings. The van der Waals surface area contributed by atoms with Gasteiger partial charge in [-0.3, -0.25) is 9.59 Å². The summed E-state index contributed by atoms with van der Waals surface area (Å²) in [6.45, 7) is 1.98. The van der Waals surface area contributed by atoms with Crippen LogP contribution in [-0.2, 0) is 4.79 Å². The van der Waals surface area contributed by atoms with Crippen LogP contribution in [0.15, 0.2) is 70.1 Å². The van der Waals surface area contributed by atoms with Gasteiger partial charge in [0.15, 0.2) is 5.43 Å². The average Bonchev–Trinajstić information content (AvgIpc) is 2.57. The molecule has 0 aliphatic carbocycles. The summed E-state index contributed by atoms with van der Waals surface area (Å²) in [4.78, 5) is 24.2. The van der Waals surface area contributed by atoms with E-state index in [2.05, 4.69) is 5.32 Å². The molecule has 0 saturated carbocycles. The molecule has 114 valence electrons. The van der Waals surface area contributed by atoms with Crippen molar-refractivity contribution < 1.29 is 9.21 Å². The van der Waals surface area contributed by atoms with Gasteiger partial charge in [0.25, 0.3) is 0 Å². The molecule has 1 N–H and O–H groups in total. The van der Waals surface area contributed by atoms with Crippen molar-refractivity contribution in [2.75, 3.05) is 5.32 Å². The predicted octanol–water partition coefficient (Wildman–Crippen LogP) is 3.75. The van der Waals surface area contributed by atoms with Crippen LogP contribution in [0.2, 0.25) is 0 Å². The molecule has 1 amide bonds. The molecule has 0 radical (unpaired) electrons. The minimum Gasteiger partial charge on any atom is -0.463 e. The molecule has 1 heterocycles. The summed E-state index contributed by atoms with van der Waals surface area (Å²) >= 11 is 0. The van der Waals surface area contributed by atoms with E-state index in [0.717, 1.165) is 5.56 Å². The quantitative estimate of drug-likeness (QED) is 0.750. The normalized spacial score (nSPS) is 11.0. The van der Waals surface area contributed by atoms with E-state index in [-0.39, 0.29) is 11.3 Å². The Bertz CT molecular complexity index is 937. The number of fused-ring (bicyclic) bond motifs is 1. The van der Waals surface area contributed by atoms with Crippen molar-refractivity contribution in [1.29, 1.82) is 0 Å². The van der Waals surface area contributed by atoms with E-state index in [9.17, 15) is 9.59 Å². The first-order chi connectivity index (χ1) is 11.1. The number of rotatable bonds is 3. The number of para-hydroxylation sites is 1. The van der Waals surface area contributed by atoms with Gasteiger partial charge in [-0.25, -0.2) is 0 Å². The summed E-state index contributed by atoms with van der Waals surface area (Å²) in [6.07, 6.45) is 4.14. The molecule has 3 rings (SSSR count). The molecule has 0 saturated heterocycles. The van der Waals surface area contributed by atoms with Gasteiger partial charge < -0.3 is 9.73 Å². The maximum Gasteiger partial charge on any atom is 0.248 e. The summed E-state index contributed by atoms with van der Waals surface area (Å²) in [6, 6.07) is 14.5. The van der Waals surface area contributed by atoms with Crippen LogP contribution in [0.5, 0.6) is 0 Å². The molecule has 4 heteroatoms. The van der Waals surface area contributed by atoms with Crippen molar-refractivity contribution in [3.8, 4) is 0 Å². The monoisotopic (exact) mass is 305 g/mol. The topological polar surface area (TPSA) is 59.3 Å². The highest BCUT2D eigenvalue weighted by molar-refractivity contribution is 6.02. The molecule has 0 bridgehead atoms. The fraction of sp³-hybridized carbons (Fsp3) is 0.0526. The number of carbonyl (C=O) groups is 1. The van der Waals surface area contributed by atoms with E-state index >= 15 is 0 Å². The Morgan fingerprint density at radius 1 is 1.09 bits per heavy atom. The number of amides is 1. The number of hydrogen-bond donors (Lipinski definition) is 1. The lowest BCUT2D eigenvalue weighted by Gasteiger charge is -2.02. The fourth-order valence-electron chi connectivity index (χ4n) is 2.19. The van der Waals surface area contributed by atoms with Crippen LogP contribution < -0.4 is 10.7 Å². The van der Waals surface area contributed by atoms with Crippen molar-refractivity contribution in [3.63, 3.8) is 0 Å². The van der Waals surface area contributed by atoms with Gasteiger partial charge in [0, 0.05) is 11.8 Å². The van der Waals surface area contributed by atoms with Gasteiger partial charge in [0.2, 0.25) is 5.91 Å². The molecule has 23 heavy (non-hydrogen) atoms. The minimum atomic E-state index is -0.304. The predicted molar refractivity (Wildman–Crippen MR) is 91.3 cm³/mol. The number of carbonyl (C=O) groups excluding carboxylic acids is 1. The first-order valence-corrected chi connectivity index (χ1v) is 7.20. The molecule has 0 unspecified atom stereocenters. The highest BCUT2D eigenvalue weighted by Gasteiger charge is 2.04. The Hall–Kier alpha value is -3.14. The standard InChI is InChI=1S/C19H15NO3/c1-13-6-9-15(10-7-13)20-18(21)11-8-14-12-23-17-5-3-2-4-16(17)19(14)22/h2-12H,1H3,(H,20,21)/b11-8+. The smallest absolute Gasteiger partial charge is 0.248 e. The molecular formula is C19H15NO3. The highest BCUT2D eigenvalue weighted by atomic mass is 16.3. The van der Waals surface area contributed by atoms with Gasteiger partial charge in [-0.05, 0) is 37.3 Å². The molecule has 0 spiro atoms. The second-order valence-electron chi connectivity index (χ2n) is 5.20. The Balaban J connectivity index is 1.79. The second-order valence-corrected chi connectivity index (χ2v) is 5.20. The molecule has 1 aromatic heterocycles. The molecule has 0 aliphatic heterocycles. The van der Waals surface area contributed by atoms with Crippen LogP contribution in [-0.4, -0.2) is 5.91 Å². The summed E-state index contributed by atoms with van der Waals surface area (Å²) in [7, 11) is 0. The molecule has 3 aromatic rings. The lowest BCUT2D eigenvalue weighted by atomic mass is 10.1. The zero-order chi connectivity index (χ0) is 16.2. The zero-order valence-corrected chi connectivity index (χ0v) is 12.6. The van der Waals surface area contributed by atoms with E-state index in [1.807, 2.05) is 31.2 Å². The van der Waals surface area contributed by atoms with E-state index < -0.39 is 0 Å². The number of benzene rings is 2. The second kappa shape index (κ2) is 6.32. The summed E-state index contributed by atoms with van der Waals surface area (Å²) in [5.74, 6) is -0.304. The van der Waals surface area contributed by atoms with Crippen LogP contribution in [0.1, 0.15) is 11.1 Å². The summed E-state index contributed by atoms with van der Waals surface area (Å²) in [5.41, 5.74) is 2.52. The van der Waals surface area contributed by atoms with Gasteiger partial charge in [0.1, 0.15) is 11.8 Å².